The number of hydrogen-bond acceptors (Lipinski definition) is 2. The van der Waals surface area contributed by atoms with Crippen molar-refractivity contribution in [2.24, 2.45) is 5.73 Å². The highest BCUT2D eigenvalue weighted by atomic mass is 35.5. The van der Waals surface area contributed by atoms with Crippen LogP contribution in [0.4, 0.5) is 0 Å². The smallest absolute Gasteiger partial charge is 0.0792 e. The average Bonchev–Trinajstić information content (AvgIpc) is 2.38. The number of hydrogen-bond donors (Lipinski definition) is 2. The summed E-state index contributed by atoms with van der Waals surface area (Å²) in [6.45, 7) is 7.96. The third kappa shape index (κ3) is 12.7. The quantitative estimate of drug-likeness (QED) is 0.383. The van der Waals surface area contributed by atoms with Crippen LogP contribution >= 0.6 is 12.4 Å². The SMILES string of the molecule is CCCCCCCCCCCCCCC(C)(O)C(C)(C)N.Cl. The molecule has 1 atom stereocenters. The van der Waals surface area contributed by atoms with Crippen molar-refractivity contribution in [2.75, 3.05) is 0 Å². The second-order valence-electron chi connectivity index (χ2n) is 7.63. The Kier molecular flexibility index (Phi) is 15.2. The van der Waals surface area contributed by atoms with Crippen LogP contribution in [0.3, 0.4) is 0 Å². The third-order valence-electron chi connectivity index (χ3n) is 4.91. The zero-order valence-electron chi connectivity index (χ0n) is 15.6. The topological polar surface area (TPSA) is 46.2 Å². The molecule has 0 heterocycles. The van der Waals surface area contributed by atoms with Gasteiger partial charge in [-0.05, 0) is 27.2 Å². The standard InChI is InChI=1S/C19H41NO.ClH/c1-5-6-7-8-9-10-11-12-13-14-15-16-17-19(4,21)18(2,3)20;/h21H,5-17,20H2,1-4H3;1H. The molecule has 3 heteroatoms. The molecule has 0 aromatic rings. The van der Waals surface area contributed by atoms with Gasteiger partial charge < -0.3 is 10.8 Å². The molecule has 0 spiro atoms. The summed E-state index contributed by atoms with van der Waals surface area (Å²) in [5, 5.41) is 10.3. The minimum absolute atomic E-state index is 0. The molecule has 22 heavy (non-hydrogen) atoms. The Bertz CT molecular complexity index is 236. The summed E-state index contributed by atoms with van der Waals surface area (Å²) >= 11 is 0. The van der Waals surface area contributed by atoms with Gasteiger partial charge in [0, 0.05) is 5.54 Å². The first-order valence-electron chi connectivity index (χ1n) is 9.32. The highest BCUT2D eigenvalue weighted by Crippen LogP contribution is 2.25. The summed E-state index contributed by atoms with van der Waals surface area (Å²) in [6, 6.07) is 0. The monoisotopic (exact) mass is 335 g/mol. The minimum Gasteiger partial charge on any atom is -0.388 e. The lowest BCUT2D eigenvalue weighted by molar-refractivity contribution is -0.0135. The summed E-state index contributed by atoms with van der Waals surface area (Å²) in [4.78, 5) is 0. The van der Waals surface area contributed by atoms with Crippen molar-refractivity contribution in [3.63, 3.8) is 0 Å². The number of aliphatic hydroxyl groups is 1. The first-order chi connectivity index (χ1) is 9.81. The van der Waals surface area contributed by atoms with E-state index in [9.17, 15) is 5.11 Å². The van der Waals surface area contributed by atoms with Crippen LogP contribution in [0.15, 0.2) is 0 Å². The Morgan fingerprint density at radius 2 is 1.00 bits per heavy atom. The molecule has 0 bridgehead atoms. The lowest BCUT2D eigenvalue weighted by Crippen LogP contribution is -2.54. The lowest BCUT2D eigenvalue weighted by atomic mass is 9.81. The first kappa shape index (κ1) is 24.5. The van der Waals surface area contributed by atoms with Crippen molar-refractivity contribution in [1.29, 1.82) is 0 Å². The number of halogens is 1. The van der Waals surface area contributed by atoms with Gasteiger partial charge in [-0.2, -0.15) is 0 Å². The Morgan fingerprint density at radius 1 is 0.682 bits per heavy atom. The predicted octanol–water partition coefficient (Wildman–Crippen LogP) is 5.99. The van der Waals surface area contributed by atoms with E-state index in [2.05, 4.69) is 6.92 Å². The Morgan fingerprint density at radius 3 is 1.32 bits per heavy atom. The van der Waals surface area contributed by atoms with Gasteiger partial charge in [0.2, 0.25) is 0 Å². The molecule has 0 amide bonds. The maximum absolute atomic E-state index is 10.3. The van der Waals surface area contributed by atoms with Crippen LogP contribution in [0.5, 0.6) is 0 Å². The molecule has 0 radical (unpaired) electrons. The molecule has 0 fully saturated rings. The van der Waals surface area contributed by atoms with Gasteiger partial charge in [-0.3, -0.25) is 0 Å². The van der Waals surface area contributed by atoms with Gasteiger partial charge in [-0.15, -0.1) is 12.4 Å². The van der Waals surface area contributed by atoms with E-state index in [0.717, 1.165) is 12.8 Å². The summed E-state index contributed by atoms with van der Waals surface area (Å²) in [5.41, 5.74) is 4.75. The average molecular weight is 336 g/mol. The van der Waals surface area contributed by atoms with Crippen LogP contribution < -0.4 is 5.73 Å². The van der Waals surface area contributed by atoms with E-state index >= 15 is 0 Å². The molecule has 0 aromatic heterocycles. The highest BCUT2D eigenvalue weighted by Gasteiger charge is 2.34. The lowest BCUT2D eigenvalue weighted by Gasteiger charge is -2.37. The minimum atomic E-state index is -0.745. The van der Waals surface area contributed by atoms with Crippen molar-refractivity contribution in [2.45, 2.75) is 122 Å². The molecule has 136 valence electrons. The second-order valence-corrected chi connectivity index (χ2v) is 7.63. The summed E-state index contributed by atoms with van der Waals surface area (Å²) in [6.07, 6.45) is 17.0. The normalized spacial score (nSPS) is 14.5. The summed E-state index contributed by atoms with van der Waals surface area (Å²) < 4.78 is 0. The van der Waals surface area contributed by atoms with E-state index in [1.165, 1.54) is 70.6 Å². The van der Waals surface area contributed by atoms with Crippen molar-refractivity contribution in [3.8, 4) is 0 Å². The van der Waals surface area contributed by atoms with Gasteiger partial charge in [-0.1, -0.05) is 84.0 Å². The molecule has 0 saturated carbocycles. The molecular weight excluding hydrogens is 294 g/mol. The Balaban J connectivity index is 0. The molecule has 2 nitrogen and oxygen atoms in total. The number of nitrogens with two attached hydrogens (primary N) is 1. The number of rotatable bonds is 14. The summed E-state index contributed by atoms with van der Waals surface area (Å²) in [7, 11) is 0. The maximum atomic E-state index is 10.3. The fraction of sp³-hybridized carbons (Fsp3) is 1.00. The molecule has 0 saturated heterocycles. The van der Waals surface area contributed by atoms with Gasteiger partial charge in [0.25, 0.3) is 0 Å². The van der Waals surface area contributed by atoms with Gasteiger partial charge in [0.15, 0.2) is 0 Å². The van der Waals surface area contributed by atoms with Crippen LogP contribution in [-0.2, 0) is 0 Å². The van der Waals surface area contributed by atoms with Gasteiger partial charge >= 0.3 is 0 Å². The van der Waals surface area contributed by atoms with Crippen LogP contribution in [0, 0.1) is 0 Å². The molecule has 1 unspecified atom stereocenters. The first-order valence-corrected chi connectivity index (χ1v) is 9.32. The van der Waals surface area contributed by atoms with Crippen molar-refractivity contribution >= 4 is 12.4 Å². The fourth-order valence-electron chi connectivity index (χ4n) is 2.63. The molecule has 0 aliphatic rings. The van der Waals surface area contributed by atoms with E-state index in [1.54, 1.807) is 0 Å². The molecular formula is C19H42ClNO. The fourth-order valence-corrected chi connectivity index (χ4v) is 2.63. The van der Waals surface area contributed by atoms with Gasteiger partial charge in [-0.25, -0.2) is 0 Å². The van der Waals surface area contributed by atoms with Crippen molar-refractivity contribution in [3.05, 3.63) is 0 Å². The molecule has 3 N–H and O–H groups in total. The van der Waals surface area contributed by atoms with Crippen molar-refractivity contribution < 1.29 is 5.11 Å². The number of unbranched alkanes of at least 4 members (excludes halogenated alkanes) is 11. The van der Waals surface area contributed by atoms with Crippen molar-refractivity contribution in [1.82, 2.24) is 0 Å². The van der Waals surface area contributed by atoms with Crippen LogP contribution in [0.2, 0.25) is 0 Å². The second kappa shape index (κ2) is 13.6. The van der Waals surface area contributed by atoms with E-state index < -0.39 is 11.1 Å². The van der Waals surface area contributed by atoms with Crippen LogP contribution in [0.25, 0.3) is 0 Å². The molecule has 0 aromatic carbocycles. The molecule has 0 rings (SSSR count). The van der Waals surface area contributed by atoms with Gasteiger partial charge in [0.1, 0.15) is 0 Å². The maximum Gasteiger partial charge on any atom is 0.0792 e. The molecule has 0 aliphatic heterocycles. The van der Waals surface area contributed by atoms with E-state index in [1.807, 2.05) is 20.8 Å². The molecule has 0 aliphatic carbocycles. The van der Waals surface area contributed by atoms with Crippen LogP contribution in [-0.4, -0.2) is 16.2 Å². The van der Waals surface area contributed by atoms with E-state index in [4.69, 9.17) is 5.73 Å². The third-order valence-corrected chi connectivity index (χ3v) is 4.91. The Hall–Kier alpha value is 0.210. The van der Waals surface area contributed by atoms with E-state index in [0.29, 0.717) is 0 Å². The highest BCUT2D eigenvalue weighted by molar-refractivity contribution is 5.85. The largest absolute Gasteiger partial charge is 0.388 e. The summed E-state index contributed by atoms with van der Waals surface area (Å²) in [5.74, 6) is 0. The zero-order chi connectivity index (χ0) is 16.2. The zero-order valence-corrected chi connectivity index (χ0v) is 16.4. The Labute approximate surface area is 146 Å². The van der Waals surface area contributed by atoms with E-state index in [-0.39, 0.29) is 12.4 Å². The van der Waals surface area contributed by atoms with Gasteiger partial charge in [0.05, 0.1) is 5.60 Å². The predicted molar refractivity (Wildman–Crippen MR) is 102 cm³/mol. The van der Waals surface area contributed by atoms with Crippen LogP contribution in [0.1, 0.15) is 111 Å².